The Kier molecular flexibility index (Phi) is 6.60. The maximum Gasteiger partial charge on any atom is 0.250 e. The molecular weight excluding hydrogens is 462 g/mol. The van der Waals surface area contributed by atoms with Crippen molar-refractivity contribution in [3.63, 3.8) is 0 Å². The summed E-state index contributed by atoms with van der Waals surface area (Å²) in [6.45, 7) is 0.605. The lowest BCUT2D eigenvalue weighted by atomic mass is 10.0. The fourth-order valence-corrected chi connectivity index (χ4v) is 4.72. The van der Waals surface area contributed by atoms with Gasteiger partial charge in [0.15, 0.2) is 5.11 Å². The van der Waals surface area contributed by atoms with Gasteiger partial charge < -0.3 is 29.3 Å². The zero-order chi connectivity index (χ0) is 24.2. The molecule has 0 spiro atoms. The molecule has 1 amide bonds. The quantitative estimate of drug-likeness (QED) is 0.359. The van der Waals surface area contributed by atoms with Crippen LogP contribution in [0.5, 0.6) is 0 Å². The highest BCUT2D eigenvalue weighted by Crippen LogP contribution is 2.42. The number of nitrogens with zero attached hydrogens (tertiary/aromatic N) is 3. The second-order valence-corrected chi connectivity index (χ2v) is 8.55. The molecule has 0 radical (unpaired) electrons. The summed E-state index contributed by atoms with van der Waals surface area (Å²) in [5.41, 5.74) is 3.56. The Morgan fingerprint density at radius 2 is 2.00 bits per heavy atom. The van der Waals surface area contributed by atoms with Crippen LogP contribution in [0.3, 0.4) is 0 Å². The third kappa shape index (κ3) is 4.82. The summed E-state index contributed by atoms with van der Waals surface area (Å²) in [5.74, 6) is 0.663. The number of carbonyl (C=O) groups excluding carboxylic acids is 1. The Morgan fingerprint density at radius 3 is 2.71 bits per heavy atom. The fourth-order valence-electron chi connectivity index (χ4n) is 4.38. The summed E-state index contributed by atoms with van der Waals surface area (Å²) in [5, 5.41) is 6.91. The highest BCUT2D eigenvalue weighted by Gasteiger charge is 2.42. The number of rotatable bonds is 8. The van der Waals surface area contributed by atoms with E-state index >= 15 is 0 Å². The minimum absolute atomic E-state index is 0.00235. The minimum atomic E-state index is -0.206. The Bertz CT molecular complexity index is 1290. The third-order valence-corrected chi connectivity index (χ3v) is 6.19. The van der Waals surface area contributed by atoms with Crippen LogP contribution in [0.15, 0.2) is 89.8 Å². The van der Waals surface area contributed by atoms with E-state index in [9.17, 15) is 4.79 Å². The molecule has 4 heterocycles. The maximum absolute atomic E-state index is 11.9. The van der Waals surface area contributed by atoms with Gasteiger partial charge in [0.25, 0.3) is 0 Å². The van der Waals surface area contributed by atoms with Gasteiger partial charge in [-0.2, -0.15) is 0 Å². The molecule has 1 aliphatic heterocycles. The van der Waals surface area contributed by atoms with E-state index in [1.807, 2.05) is 66.9 Å². The molecule has 1 saturated heterocycles. The van der Waals surface area contributed by atoms with E-state index < -0.39 is 0 Å². The lowest BCUT2D eigenvalue weighted by Gasteiger charge is -2.29. The van der Waals surface area contributed by atoms with Crippen molar-refractivity contribution in [3.8, 4) is 0 Å². The molecular formula is C26H25N5O3S. The van der Waals surface area contributed by atoms with Gasteiger partial charge in [0, 0.05) is 36.6 Å². The van der Waals surface area contributed by atoms with E-state index in [0.717, 1.165) is 22.8 Å². The fraction of sp³-hybridized carbons (Fsp3) is 0.192. The van der Waals surface area contributed by atoms with Crippen LogP contribution in [0.2, 0.25) is 0 Å². The van der Waals surface area contributed by atoms with E-state index in [-0.39, 0.29) is 24.6 Å². The monoisotopic (exact) mass is 487 g/mol. The van der Waals surface area contributed by atoms with Crippen molar-refractivity contribution >= 4 is 34.6 Å². The Balaban J connectivity index is 1.51. The van der Waals surface area contributed by atoms with E-state index in [0.29, 0.717) is 17.3 Å². The normalized spacial score (nSPS) is 17.4. The number of carbonyl (C=O) groups is 1. The van der Waals surface area contributed by atoms with Crippen LogP contribution < -0.4 is 15.5 Å². The molecule has 0 unspecified atom stereocenters. The number of anilines is 2. The number of benzene rings is 1. The van der Waals surface area contributed by atoms with Crippen molar-refractivity contribution in [1.29, 1.82) is 0 Å². The topological polar surface area (TPSA) is 84.6 Å². The molecule has 0 saturated carbocycles. The summed E-state index contributed by atoms with van der Waals surface area (Å²) in [6.07, 6.45) is 5.52. The molecule has 8 nitrogen and oxygen atoms in total. The number of hydrogen-bond donors (Lipinski definition) is 2. The number of amides is 1. The first-order valence-electron chi connectivity index (χ1n) is 11.2. The molecule has 5 rings (SSSR count). The summed E-state index contributed by atoms with van der Waals surface area (Å²) in [7, 11) is 1.49. The van der Waals surface area contributed by atoms with E-state index in [2.05, 4.69) is 31.2 Å². The third-order valence-electron chi connectivity index (χ3n) is 5.88. The van der Waals surface area contributed by atoms with Gasteiger partial charge in [0.05, 0.1) is 24.5 Å². The number of pyridine rings is 1. The SMILES string of the molecule is COCC(=O)Nc1ccc(N2C(=S)N[C@H](c3ccccn3)[C@H]2c2cccn2Cc2ccco2)cc1. The zero-order valence-electron chi connectivity index (χ0n) is 19.1. The Morgan fingerprint density at radius 1 is 1.14 bits per heavy atom. The number of thiocarbonyl (C=S) groups is 1. The van der Waals surface area contributed by atoms with Crippen LogP contribution in [-0.2, 0) is 16.1 Å². The molecule has 2 N–H and O–H groups in total. The molecule has 4 aromatic rings. The highest BCUT2D eigenvalue weighted by molar-refractivity contribution is 7.80. The number of furan rings is 1. The van der Waals surface area contributed by atoms with Gasteiger partial charge in [-0.1, -0.05) is 6.07 Å². The molecule has 1 fully saturated rings. The largest absolute Gasteiger partial charge is 0.467 e. The number of aromatic nitrogens is 2. The lowest BCUT2D eigenvalue weighted by molar-refractivity contribution is -0.119. The molecule has 9 heteroatoms. The predicted octanol–water partition coefficient (Wildman–Crippen LogP) is 4.29. The van der Waals surface area contributed by atoms with Crippen molar-refractivity contribution in [2.45, 2.75) is 18.6 Å². The first-order valence-corrected chi connectivity index (χ1v) is 11.6. The van der Waals surface area contributed by atoms with Gasteiger partial charge in [0.2, 0.25) is 5.91 Å². The summed E-state index contributed by atoms with van der Waals surface area (Å²) >= 11 is 5.82. The second kappa shape index (κ2) is 10.1. The van der Waals surface area contributed by atoms with Crippen molar-refractivity contribution in [1.82, 2.24) is 14.9 Å². The molecule has 0 bridgehead atoms. The molecule has 178 valence electrons. The van der Waals surface area contributed by atoms with Gasteiger partial charge >= 0.3 is 0 Å². The Hall–Kier alpha value is -3.95. The van der Waals surface area contributed by atoms with Crippen LogP contribution in [0.25, 0.3) is 0 Å². The number of hydrogen-bond acceptors (Lipinski definition) is 5. The molecule has 3 aromatic heterocycles. The van der Waals surface area contributed by atoms with Crippen LogP contribution in [0, 0.1) is 0 Å². The van der Waals surface area contributed by atoms with Crippen LogP contribution in [-0.4, -0.2) is 34.3 Å². The average Bonchev–Trinajstić information content (AvgIpc) is 3.61. The number of nitrogens with one attached hydrogen (secondary N) is 2. The van der Waals surface area contributed by atoms with Crippen molar-refractivity contribution in [2.75, 3.05) is 23.9 Å². The lowest BCUT2D eigenvalue weighted by Crippen LogP contribution is -2.30. The van der Waals surface area contributed by atoms with Gasteiger partial charge in [-0.15, -0.1) is 0 Å². The molecule has 2 atom stereocenters. The molecule has 1 aromatic carbocycles. The van der Waals surface area contributed by atoms with Crippen LogP contribution >= 0.6 is 12.2 Å². The minimum Gasteiger partial charge on any atom is -0.467 e. The summed E-state index contributed by atoms with van der Waals surface area (Å²) in [4.78, 5) is 18.6. The summed E-state index contributed by atoms with van der Waals surface area (Å²) in [6, 6.07) is 21.2. The predicted molar refractivity (Wildman–Crippen MR) is 137 cm³/mol. The standard InChI is InChI=1S/C26H25N5O3S/c1-33-17-23(32)28-18-9-11-19(12-10-18)31-25(24(29-26(31)35)21-7-2-3-13-27-21)22-8-4-14-30(22)16-20-6-5-15-34-20/h2-15,24-25H,16-17H2,1H3,(H,28,32)(H,29,35)/t24-,25-/m1/s1. The number of ether oxygens (including phenoxy) is 1. The van der Waals surface area contributed by atoms with Gasteiger partial charge in [-0.05, 0) is 72.9 Å². The molecule has 1 aliphatic rings. The number of methoxy groups -OCH3 is 1. The van der Waals surface area contributed by atoms with E-state index in [4.69, 9.17) is 21.4 Å². The maximum atomic E-state index is 11.9. The van der Waals surface area contributed by atoms with Crippen molar-refractivity contribution < 1.29 is 13.9 Å². The molecule has 0 aliphatic carbocycles. The highest BCUT2D eigenvalue weighted by atomic mass is 32.1. The van der Waals surface area contributed by atoms with Gasteiger partial charge in [-0.25, -0.2) is 0 Å². The first kappa shape index (κ1) is 22.8. The average molecular weight is 488 g/mol. The Labute approximate surface area is 208 Å². The van der Waals surface area contributed by atoms with Gasteiger partial charge in [0.1, 0.15) is 18.4 Å². The van der Waals surface area contributed by atoms with E-state index in [1.54, 1.807) is 12.5 Å². The smallest absolute Gasteiger partial charge is 0.250 e. The van der Waals surface area contributed by atoms with E-state index in [1.165, 1.54) is 7.11 Å². The zero-order valence-corrected chi connectivity index (χ0v) is 19.9. The van der Waals surface area contributed by atoms with Gasteiger partial charge in [-0.3, -0.25) is 9.78 Å². The van der Waals surface area contributed by atoms with Crippen LogP contribution in [0.1, 0.15) is 29.2 Å². The van der Waals surface area contributed by atoms with Crippen molar-refractivity contribution in [2.24, 2.45) is 0 Å². The first-order chi connectivity index (χ1) is 17.1. The van der Waals surface area contributed by atoms with Crippen molar-refractivity contribution in [3.05, 3.63) is 103 Å². The molecule has 35 heavy (non-hydrogen) atoms. The second-order valence-electron chi connectivity index (χ2n) is 8.16. The summed E-state index contributed by atoms with van der Waals surface area (Å²) < 4.78 is 12.7. The van der Waals surface area contributed by atoms with Crippen LogP contribution in [0.4, 0.5) is 11.4 Å².